The lowest BCUT2D eigenvalue weighted by Gasteiger charge is -2.11. The van der Waals surface area contributed by atoms with E-state index in [2.05, 4.69) is 4.99 Å². The maximum Gasteiger partial charge on any atom is 0.337 e. The summed E-state index contributed by atoms with van der Waals surface area (Å²) in [6.45, 7) is 0.644. The van der Waals surface area contributed by atoms with Crippen LogP contribution < -0.4 is 4.80 Å². The Morgan fingerprint density at radius 1 is 1.12 bits per heavy atom. The van der Waals surface area contributed by atoms with E-state index < -0.39 is 21.9 Å². The summed E-state index contributed by atoms with van der Waals surface area (Å²) in [4.78, 5) is 29.6. The number of hydrogen-bond donors (Lipinski definition) is 0. The molecule has 0 N–H and O–H groups in total. The fourth-order valence-electron chi connectivity index (χ4n) is 2.93. The van der Waals surface area contributed by atoms with E-state index in [-0.39, 0.29) is 10.5 Å². The predicted molar refractivity (Wildman–Crippen MR) is 127 cm³/mol. The van der Waals surface area contributed by atoms with E-state index in [0.717, 1.165) is 20.3 Å². The summed E-state index contributed by atoms with van der Waals surface area (Å²) >= 11 is 2.98. The molecule has 0 aliphatic heterocycles. The van der Waals surface area contributed by atoms with Gasteiger partial charge in [0.25, 0.3) is 5.91 Å². The molecule has 0 saturated carbocycles. The van der Waals surface area contributed by atoms with Crippen LogP contribution in [0.15, 0.2) is 52.4 Å². The number of aryl methyl sites for hydroxylation is 1. The van der Waals surface area contributed by atoms with Gasteiger partial charge in [-0.1, -0.05) is 11.3 Å². The van der Waals surface area contributed by atoms with Gasteiger partial charge in [0.1, 0.15) is 0 Å². The Balaban J connectivity index is 2.04. The number of ether oxygens (including phenoxy) is 1. The van der Waals surface area contributed by atoms with E-state index in [1.54, 1.807) is 23.9 Å². The van der Waals surface area contributed by atoms with Crippen LogP contribution in [0.3, 0.4) is 0 Å². The molecule has 0 spiro atoms. The Kier molecular flexibility index (Phi) is 7.55. The van der Waals surface area contributed by atoms with Crippen LogP contribution in [-0.2, 0) is 21.3 Å². The third-order valence-corrected chi connectivity index (χ3v) is 8.16. The van der Waals surface area contributed by atoms with Crippen molar-refractivity contribution in [3.05, 3.63) is 58.4 Å². The zero-order chi connectivity index (χ0) is 23.5. The molecule has 8 nitrogen and oxygen atoms in total. The number of carbonyl (C=O) groups excluding carboxylic acids is 2. The monoisotopic (exact) mass is 493 g/mol. The third-order valence-electron chi connectivity index (χ3n) is 4.70. The summed E-state index contributed by atoms with van der Waals surface area (Å²) in [6.07, 6.45) is 2.00. The van der Waals surface area contributed by atoms with Gasteiger partial charge in [-0.25, -0.2) is 17.5 Å². The van der Waals surface area contributed by atoms with Gasteiger partial charge in [0.05, 0.1) is 27.8 Å². The standard InChI is InChI=1S/C21H23N3O5S3/c1-23(2)32(27,28)16-8-5-14(6-9-16)19(25)22-21-24(11-12-30-4)17-10-7-15(20(26)29-3)13-18(17)31-21/h5-10,13H,11-12H2,1-4H3. The number of benzene rings is 2. The molecular formula is C21H23N3O5S3. The number of fused-ring (bicyclic) bond motifs is 1. The summed E-state index contributed by atoms with van der Waals surface area (Å²) in [5.41, 5.74) is 1.58. The highest BCUT2D eigenvalue weighted by Gasteiger charge is 2.18. The number of aromatic nitrogens is 1. The van der Waals surface area contributed by atoms with Gasteiger partial charge in [-0.3, -0.25) is 4.79 Å². The molecule has 1 amide bonds. The van der Waals surface area contributed by atoms with E-state index >= 15 is 0 Å². The topological polar surface area (TPSA) is 98.0 Å². The molecule has 0 fully saturated rings. The number of hydrogen-bond acceptors (Lipinski definition) is 7. The Hall–Kier alpha value is -2.47. The minimum Gasteiger partial charge on any atom is -0.465 e. The lowest BCUT2D eigenvalue weighted by molar-refractivity contribution is 0.0600. The van der Waals surface area contributed by atoms with Gasteiger partial charge in [-0.15, -0.1) is 0 Å². The molecule has 3 rings (SSSR count). The SMILES string of the molecule is COC(=O)c1ccc2c(c1)sc(=NC(=O)c1ccc(S(=O)(=O)N(C)C)cc1)n2CCSC. The van der Waals surface area contributed by atoms with Crippen molar-refractivity contribution in [2.75, 3.05) is 33.2 Å². The zero-order valence-electron chi connectivity index (χ0n) is 18.1. The Morgan fingerprint density at radius 2 is 1.78 bits per heavy atom. The largest absolute Gasteiger partial charge is 0.465 e. The van der Waals surface area contributed by atoms with E-state index in [1.807, 2.05) is 16.9 Å². The average molecular weight is 494 g/mol. The number of methoxy groups -OCH3 is 1. The fourth-order valence-corrected chi connectivity index (χ4v) is 5.29. The molecule has 0 aliphatic carbocycles. The molecule has 3 aromatic rings. The van der Waals surface area contributed by atoms with Crippen LogP contribution in [0.1, 0.15) is 20.7 Å². The number of esters is 1. The molecule has 0 saturated heterocycles. The number of thioether (sulfide) groups is 1. The van der Waals surface area contributed by atoms with Crippen LogP contribution in [0.2, 0.25) is 0 Å². The summed E-state index contributed by atoms with van der Waals surface area (Å²) < 4.78 is 33.1. The average Bonchev–Trinajstić information content (AvgIpc) is 3.12. The number of amides is 1. The van der Waals surface area contributed by atoms with Crippen LogP contribution in [-0.4, -0.2) is 62.4 Å². The van der Waals surface area contributed by atoms with Gasteiger partial charge in [0, 0.05) is 32.0 Å². The fraction of sp³-hybridized carbons (Fsp3) is 0.286. The summed E-state index contributed by atoms with van der Waals surface area (Å²) in [7, 11) is 0.648. The minimum atomic E-state index is -3.58. The first-order valence-electron chi connectivity index (χ1n) is 9.51. The van der Waals surface area contributed by atoms with Crippen LogP contribution >= 0.6 is 23.1 Å². The molecule has 0 atom stereocenters. The second-order valence-electron chi connectivity index (χ2n) is 6.93. The first-order valence-corrected chi connectivity index (χ1v) is 13.2. The molecule has 2 aromatic carbocycles. The highest BCUT2D eigenvalue weighted by molar-refractivity contribution is 7.98. The van der Waals surface area contributed by atoms with Crippen molar-refractivity contribution in [1.29, 1.82) is 0 Å². The molecule has 0 bridgehead atoms. The first kappa shape index (κ1) is 24.2. The van der Waals surface area contributed by atoms with E-state index in [9.17, 15) is 18.0 Å². The maximum atomic E-state index is 12.8. The third kappa shape index (κ3) is 4.96. The van der Waals surface area contributed by atoms with Gasteiger partial charge in [0.15, 0.2) is 4.80 Å². The van der Waals surface area contributed by atoms with Crippen molar-refractivity contribution < 1.29 is 22.7 Å². The summed E-state index contributed by atoms with van der Waals surface area (Å²) in [5.74, 6) is -0.0852. The minimum absolute atomic E-state index is 0.103. The highest BCUT2D eigenvalue weighted by Crippen LogP contribution is 2.21. The first-order chi connectivity index (χ1) is 15.2. The van der Waals surface area contributed by atoms with Gasteiger partial charge in [-0.2, -0.15) is 16.8 Å². The molecule has 170 valence electrons. The Morgan fingerprint density at radius 3 is 2.38 bits per heavy atom. The number of thiazole rings is 1. The molecule has 1 aromatic heterocycles. The van der Waals surface area contributed by atoms with Gasteiger partial charge >= 0.3 is 5.97 Å². The second-order valence-corrected chi connectivity index (χ2v) is 11.1. The molecule has 11 heteroatoms. The van der Waals surface area contributed by atoms with Gasteiger partial charge in [-0.05, 0) is 48.7 Å². The van der Waals surface area contributed by atoms with Crippen molar-refractivity contribution in [3.63, 3.8) is 0 Å². The predicted octanol–water partition coefficient (Wildman–Crippen LogP) is 2.84. The van der Waals surface area contributed by atoms with Crippen LogP contribution in [0.5, 0.6) is 0 Å². The smallest absolute Gasteiger partial charge is 0.337 e. The van der Waals surface area contributed by atoms with Crippen molar-refractivity contribution in [3.8, 4) is 0 Å². The lowest BCUT2D eigenvalue weighted by atomic mass is 10.2. The quantitative estimate of drug-likeness (QED) is 0.470. The Bertz CT molecular complexity index is 1320. The molecule has 0 radical (unpaired) electrons. The lowest BCUT2D eigenvalue weighted by Crippen LogP contribution is -2.22. The molecular weight excluding hydrogens is 470 g/mol. The van der Waals surface area contributed by atoms with Crippen molar-refractivity contribution in [2.45, 2.75) is 11.4 Å². The van der Waals surface area contributed by atoms with E-state index in [4.69, 9.17) is 4.74 Å². The highest BCUT2D eigenvalue weighted by atomic mass is 32.2. The van der Waals surface area contributed by atoms with Gasteiger partial charge in [0.2, 0.25) is 10.0 Å². The van der Waals surface area contributed by atoms with Crippen LogP contribution in [0.4, 0.5) is 0 Å². The zero-order valence-corrected chi connectivity index (χ0v) is 20.5. The molecule has 0 unspecified atom stereocenters. The normalized spacial score (nSPS) is 12.5. The van der Waals surface area contributed by atoms with Crippen molar-refractivity contribution in [2.24, 2.45) is 4.99 Å². The second kappa shape index (κ2) is 9.99. The van der Waals surface area contributed by atoms with Crippen molar-refractivity contribution >= 4 is 55.2 Å². The molecule has 32 heavy (non-hydrogen) atoms. The molecule has 1 heterocycles. The number of sulfonamides is 1. The van der Waals surface area contributed by atoms with Crippen LogP contribution in [0, 0.1) is 0 Å². The van der Waals surface area contributed by atoms with E-state index in [1.165, 1.54) is 56.8 Å². The number of rotatable bonds is 7. The summed E-state index contributed by atoms with van der Waals surface area (Å²) in [5, 5.41) is 0. The number of nitrogens with zero attached hydrogens (tertiary/aromatic N) is 3. The number of carbonyl (C=O) groups is 2. The van der Waals surface area contributed by atoms with Gasteiger partial charge < -0.3 is 9.30 Å². The van der Waals surface area contributed by atoms with E-state index in [0.29, 0.717) is 16.9 Å². The molecule has 0 aliphatic rings. The summed E-state index contributed by atoms with van der Waals surface area (Å²) in [6, 6.07) is 10.9. The maximum absolute atomic E-state index is 12.8. The van der Waals surface area contributed by atoms with Crippen LogP contribution in [0.25, 0.3) is 10.2 Å². The Labute approximate surface area is 194 Å². The van der Waals surface area contributed by atoms with Crippen molar-refractivity contribution in [1.82, 2.24) is 8.87 Å².